The van der Waals surface area contributed by atoms with E-state index in [2.05, 4.69) is 62.8 Å². The lowest BCUT2D eigenvalue weighted by atomic mass is 10.0. The first-order valence-corrected chi connectivity index (χ1v) is 30.9. The van der Waals surface area contributed by atoms with Crippen molar-refractivity contribution in [3.8, 4) is 0 Å². The summed E-state index contributed by atoms with van der Waals surface area (Å²) < 4.78 is 0. The molecule has 0 aliphatic heterocycles. The molecule has 29 N–H and O–H groups in total. The summed E-state index contributed by atoms with van der Waals surface area (Å²) >= 11 is 0. The number of aliphatic imine (C=N–C) groups is 3. The number of benzene rings is 3. The average Bonchev–Trinajstić information content (AvgIpc) is 1.35. The molecular formula is C61H93N21O13. The molecule has 34 heteroatoms. The Bertz CT molecular complexity index is 3060. The number of nitrogens with one attached hydrogen (secondary N) is 9. The van der Waals surface area contributed by atoms with Crippen LogP contribution in [0, 0.1) is 0 Å². The lowest BCUT2D eigenvalue weighted by Gasteiger charge is -2.27. The zero-order chi connectivity index (χ0) is 70.2. The quantitative estimate of drug-likeness (QED) is 0.0142. The first-order valence-electron chi connectivity index (χ1n) is 30.9. The maximum absolute atomic E-state index is 14.6. The van der Waals surface area contributed by atoms with Crippen LogP contribution in [0.25, 0.3) is 0 Å². The van der Waals surface area contributed by atoms with Crippen molar-refractivity contribution in [1.82, 2.24) is 47.9 Å². The Morgan fingerprint density at radius 2 is 0.726 bits per heavy atom. The molecule has 95 heavy (non-hydrogen) atoms. The van der Waals surface area contributed by atoms with Gasteiger partial charge in [0.1, 0.15) is 48.3 Å². The largest absolute Gasteiger partial charge is 0.480 e. The number of nitrogens with zero attached hydrogens (tertiary/aromatic N) is 3. The van der Waals surface area contributed by atoms with E-state index in [1.807, 2.05) is 0 Å². The van der Waals surface area contributed by atoms with Gasteiger partial charge in [-0.15, -0.1) is 0 Å². The molecule has 0 aliphatic rings. The number of hydrogen-bond donors (Lipinski definition) is 20. The third-order valence-corrected chi connectivity index (χ3v) is 14.3. The minimum absolute atomic E-state index is 0.0190. The molecule has 3 aromatic carbocycles. The summed E-state index contributed by atoms with van der Waals surface area (Å²) in [6, 6.07) is 12.5. The van der Waals surface area contributed by atoms with Crippen LogP contribution in [0.3, 0.4) is 0 Å². The number of hydrogen-bond acceptors (Lipinski definition) is 17. The van der Waals surface area contributed by atoms with Crippen LogP contribution in [0.15, 0.2) is 106 Å². The number of rotatable bonds is 45. The fourth-order valence-corrected chi connectivity index (χ4v) is 9.32. The van der Waals surface area contributed by atoms with Crippen LogP contribution in [0.2, 0.25) is 0 Å². The van der Waals surface area contributed by atoms with E-state index in [-0.39, 0.29) is 108 Å². The molecule has 0 aliphatic carbocycles. The number of carbonyl (C=O) groups excluding carboxylic acids is 10. The Hall–Kier alpha value is -10.5. The van der Waals surface area contributed by atoms with Gasteiger partial charge < -0.3 is 110 Å². The van der Waals surface area contributed by atoms with E-state index in [9.17, 15) is 63.0 Å². The van der Waals surface area contributed by atoms with Gasteiger partial charge in [0.2, 0.25) is 59.1 Å². The van der Waals surface area contributed by atoms with Gasteiger partial charge in [-0.3, -0.25) is 62.9 Å². The molecular weight excluding hydrogens is 1230 g/mol. The fourth-order valence-electron chi connectivity index (χ4n) is 9.32. The van der Waals surface area contributed by atoms with Gasteiger partial charge in [-0.1, -0.05) is 91.0 Å². The predicted molar refractivity (Wildman–Crippen MR) is 353 cm³/mol. The zero-order valence-electron chi connectivity index (χ0n) is 52.9. The number of aliphatic carboxylic acids is 1. The maximum Gasteiger partial charge on any atom is 0.326 e. The zero-order valence-corrected chi connectivity index (χ0v) is 52.9. The van der Waals surface area contributed by atoms with Gasteiger partial charge in [0.15, 0.2) is 17.9 Å². The topological polar surface area (TPSA) is 608 Å². The van der Waals surface area contributed by atoms with Gasteiger partial charge in [0, 0.05) is 45.3 Å². The van der Waals surface area contributed by atoms with Crippen LogP contribution >= 0.6 is 0 Å². The van der Waals surface area contributed by atoms with Gasteiger partial charge in [0.25, 0.3) is 0 Å². The molecule has 0 aromatic heterocycles. The fraction of sp³-hybridized carbons (Fsp3) is 0.475. The van der Waals surface area contributed by atoms with E-state index >= 15 is 0 Å². The second kappa shape index (κ2) is 43.4. The van der Waals surface area contributed by atoms with Crippen molar-refractivity contribution in [2.45, 2.75) is 144 Å². The molecule has 34 nitrogen and oxygen atoms in total. The molecule has 0 saturated carbocycles. The Labute approximate surface area is 549 Å². The van der Waals surface area contributed by atoms with Crippen molar-refractivity contribution in [3.63, 3.8) is 0 Å². The molecule has 0 fully saturated rings. The summed E-state index contributed by atoms with van der Waals surface area (Å²) in [6.07, 6.45) is -0.185. The number of carboxylic acids is 1. The Balaban J connectivity index is 1.88. The molecule has 0 bridgehead atoms. The van der Waals surface area contributed by atoms with Crippen LogP contribution in [0.4, 0.5) is 0 Å². The molecule has 0 heterocycles. The third kappa shape index (κ3) is 32.1. The van der Waals surface area contributed by atoms with Crippen molar-refractivity contribution in [1.29, 1.82) is 0 Å². The molecule has 3 rings (SSSR count). The molecule has 0 saturated heterocycles. The van der Waals surface area contributed by atoms with Gasteiger partial charge in [-0.2, -0.15) is 0 Å². The standard InChI is InChI=1S/C61H93N21O13/c62-27-11-10-22-40(78-55(91)44(31-36-15-4-1-5-16-36)80-54(90)41(23-13-29-72-60(67)68)76-50(86)39(63)21-12-28-71-59(65)66)52(88)77-42(24-14-30-73-61(69)70)53(89)79-43(25-26-48(64)84)51(87)74-34-49(85)75-47(35-83)57(93)81-45(32-37-17-6-2-7-18-37)56(92)82-46(58(94)95)33-38-19-8-3-9-20-38/h1-9,15-20,39-47,83H,10-14,21-35,62-63H2,(H2,64,84)(H,74,87)(H,75,85)(H,76,86)(H,77,88)(H,78,91)(H,79,89)(H,80,90)(H,81,93)(H,82,92)(H,94,95)(H4,65,66,71)(H4,67,68,72)(H4,69,70,73)/t39-,40-,41-,42-,43-,44-,45-,46-,47-/m0/s1. The number of aliphatic hydroxyl groups excluding tert-OH is 1. The Morgan fingerprint density at radius 1 is 0.389 bits per heavy atom. The normalized spacial score (nSPS) is 13.6. The van der Waals surface area contributed by atoms with E-state index in [1.54, 1.807) is 91.0 Å². The highest BCUT2D eigenvalue weighted by atomic mass is 16.4. The van der Waals surface area contributed by atoms with E-state index < -0.39 is 145 Å². The lowest BCUT2D eigenvalue weighted by Crippen LogP contribution is -2.60. The second-order valence-corrected chi connectivity index (χ2v) is 22.1. The summed E-state index contributed by atoms with van der Waals surface area (Å²) in [6.45, 7) is -1.50. The Kier molecular flexibility index (Phi) is 36.0. The summed E-state index contributed by atoms with van der Waals surface area (Å²) in [7, 11) is 0. The van der Waals surface area contributed by atoms with Crippen LogP contribution < -0.4 is 99.5 Å². The first-order chi connectivity index (χ1) is 45.3. The minimum Gasteiger partial charge on any atom is -0.480 e. The van der Waals surface area contributed by atoms with Gasteiger partial charge in [0.05, 0.1) is 19.2 Å². The SMILES string of the molecule is NCCCC[C@H](NC(=O)[C@H](Cc1ccccc1)NC(=O)[C@H](CCCN=C(N)N)NC(=O)[C@@H](N)CCCN=C(N)N)C(=O)N[C@@H](CCCN=C(N)N)C(=O)N[C@@H](CCC(N)=O)C(=O)NCC(=O)N[C@@H](CO)C(=O)N[C@@H](Cc1ccccc1)C(=O)N[C@@H](Cc1ccccc1)C(=O)O. The number of carbonyl (C=O) groups is 11. The molecule has 3 aromatic rings. The molecule has 0 unspecified atom stereocenters. The van der Waals surface area contributed by atoms with Crippen molar-refractivity contribution >= 4 is 82.9 Å². The summed E-state index contributed by atoms with van der Waals surface area (Å²) in [5.74, 6) is -11.2. The van der Waals surface area contributed by atoms with Gasteiger partial charge in [-0.25, -0.2) is 4.79 Å². The predicted octanol–water partition coefficient (Wildman–Crippen LogP) is -6.33. The third-order valence-electron chi connectivity index (χ3n) is 14.3. The summed E-state index contributed by atoms with van der Waals surface area (Å²) in [5.41, 5.74) is 52.1. The molecule has 9 atom stereocenters. The first kappa shape index (κ1) is 78.8. The van der Waals surface area contributed by atoms with E-state index in [1.165, 1.54) is 0 Å². The minimum atomic E-state index is -1.73. The van der Waals surface area contributed by atoms with Crippen LogP contribution in [-0.2, 0) is 72.0 Å². The summed E-state index contributed by atoms with van der Waals surface area (Å²) in [4.78, 5) is 162. The number of unbranched alkanes of at least 4 members (excludes halogenated alkanes) is 1. The average molecular weight is 1330 g/mol. The Morgan fingerprint density at radius 3 is 1.11 bits per heavy atom. The number of guanidine groups is 3. The monoisotopic (exact) mass is 1330 g/mol. The second-order valence-electron chi connectivity index (χ2n) is 22.1. The number of carboxylic acid groups (broad SMARTS) is 1. The molecule has 10 amide bonds. The van der Waals surface area contributed by atoms with Crippen LogP contribution in [0.5, 0.6) is 0 Å². The van der Waals surface area contributed by atoms with E-state index in [4.69, 9.17) is 51.6 Å². The van der Waals surface area contributed by atoms with Gasteiger partial charge in [-0.05, 0) is 87.4 Å². The van der Waals surface area contributed by atoms with Crippen molar-refractivity contribution < 1.29 is 63.0 Å². The van der Waals surface area contributed by atoms with Crippen LogP contribution in [-0.4, -0.2) is 187 Å². The number of aliphatic hydroxyl groups is 1. The van der Waals surface area contributed by atoms with E-state index in [0.717, 1.165) is 0 Å². The lowest BCUT2D eigenvalue weighted by molar-refractivity contribution is -0.142. The highest BCUT2D eigenvalue weighted by molar-refractivity contribution is 5.98. The van der Waals surface area contributed by atoms with Crippen molar-refractivity contribution in [3.05, 3.63) is 108 Å². The number of nitrogens with two attached hydrogens (primary N) is 9. The molecule has 0 radical (unpaired) electrons. The maximum atomic E-state index is 14.6. The highest BCUT2D eigenvalue weighted by Crippen LogP contribution is 2.12. The summed E-state index contributed by atoms with van der Waals surface area (Å²) in [5, 5.41) is 43.0. The van der Waals surface area contributed by atoms with E-state index in [0.29, 0.717) is 29.5 Å². The smallest absolute Gasteiger partial charge is 0.326 e. The van der Waals surface area contributed by atoms with Crippen molar-refractivity contribution in [2.24, 2.45) is 66.6 Å². The number of primary amides is 1. The van der Waals surface area contributed by atoms with Gasteiger partial charge >= 0.3 is 5.97 Å². The molecule has 0 spiro atoms. The molecule has 520 valence electrons. The highest BCUT2D eigenvalue weighted by Gasteiger charge is 2.35. The number of amides is 10. The van der Waals surface area contributed by atoms with Crippen molar-refractivity contribution in [2.75, 3.05) is 39.3 Å². The van der Waals surface area contributed by atoms with Crippen LogP contribution in [0.1, 0.15) is 87.3 Å².